The number of anilines is 1. The maximum absolute atomic E-state index is 12.0. The van der Waals surface area contributed by atoms with Crippen molar-refractivity contribution in [3.05, 3.63) is 11.8 Å². The number of urea groups is 1. The van der Waals surface area contributed by atoms with Gasteiger partial charge >= 0.3 is 12.0 Å². The van der Waals surface area contributed by atoms with Gasteiger partial charge in [0.25, 0.3) is 0 Å². The maximum atomic E-state index is 12.0. The van der Waals surface area contributed by atoms with Crippen molar-refractivity contribution in [2.75, 3.05) is 18.9 Å². The zero-order chi connectivity index (χ0) is 15.3. The van der Waals surface area contributed by atoms with Gasteiger partial charge in [0.05, 0.1) is 11.6 Å². The van der Waals surface area contributed by atoms with E-state index in [0.29, 0.717) is 5.82 Å². The Morgan fingerprint density at radius 3 is 2.75 bits per heavy atom. The van der Waals surface area contributed by atoms with Crippen molar-refractivity contribution in [3.8, 4) is 0 Å². The molecule has 0 aliphatic heterocycles. The van der Waals surface area contributed by atoms with Gasteiger partial charge in [0.15, 0.2) is 0 Å². The summed E-state index contributed by atoms with van der Waals surface area (Å²) in [6.07, 6.45) is 1.84. The van der Waals surface area contributed by atoms with Crippen molar-refractivity contribution in [3.63, 3.8) is 0 Å². The van der Waals surface area contributed by atoms with E-state index in [4.69, 9.17) is 5.11 Å². The van der Waals surface area contributed by atoms with Crippen LogP contribution in [0.2, 0.25) is 0 Å². The molecule has 7 heteroatoms. The number of carboxylic acids is 1. The van der Waals surface area contributed by atoms with E-state index >= 15 is 0 Å². The molecule has 2 amide bonds. The van der Waals surface area contributed by atoms with Crippen LogP contribution in [0.3, 0.4) is 0 Å². The first kappa shape index (κ1) is 16.0. The molecule has 112 valence electrons. The highest BCUT2D eigenvalue weighted by Gasteiger charge is 2.18. The number of hydrogen-bond acceptors (Lipinski definition) is 3. The number of nitrogens with zero attached hydrogens (tertiary/aromatic N) is 3. The van der Waals surface area contributed by atoms with Crippen LogP contribution in [0, 0.1) is 5.92 Å². The number of amides is 2. The van der Waals surface area contributed by atoms with Gasteiger partial charge in [-0.2, -0.15) is 5.10 Å². The van der Waals surface area contributed by atoms with E-state index < -0.39 is 11.9 Å². The summed E-state index contributed by atoms with van der Waals surface area (Å²) >= 11 is 0. The molecule has 0 bridgehead atoms. The Balaban J connectivity index is 2.63. The Labute approximate surface area is 118 Å². The molecule has 1 atom stereocenters. The number of aromatic nitrogens is 2. The average Bonchev–Trinajstić information content (AvgIpc) is 2.69. The lowest BCUT2D eigenvalue weighted by molar-refractivity contribution is -0.141. The molecule has 1 unspecified atom stereocenters. The number of carbonyl (C=O) groups is 2. The maximum Gasteiger partial charge on any atom is 0.322 e. The molecule has 1 aromatic heterocycles. The van der Waals surface area contributed by atoms with Crippen LogP contribution >= 0.6 is 0 Å². The van der Waals surface area contributed by atoms with E-state index in [-0.39, 0.29) is 12.6 Å². The molecule has 20 heavy (non-hydrogen) atoms. The second kappa shape index (κ2) is 6.93. The third-order valence-corrected chi connectivity index (χ3v) is 2.99. The van der Waals surface area contributed by atoms with E-state index in [1.54, 1.807) is 25.7 Å². The molecule has 0 fully saturated rings. The number of rotatable bonds is 6. The van der Waals surface area contributed by atoms with Crippen LogP contribution in [0.15, 0.2) is 6.07 Å². The van der Waals surface area contributed by atoms with Crippen molar-refractivity contribution in [1.29, 1.82) is 0 Å². The lowest BCUT2D eigenvalue weighted by atomic mass is 10.2. The number of aryl methyl sites for hydroxylation is 2. The third-order valence-electron chi connectivity index (χ3n) is 2.99. The van der Waals surface area contributed by atoms with Crippen molar-refractivity contribution in [2.45, 2.75) is 26.7 Å². The number of aliphatic carboxylic acids is 1. The number of carboxylic acid groups (broad SMARTS) is 1. The van der Waals surface area contributed by atoms with Crippen LogP contribution < -0.4 is 5.32 Å². The van der Waals surface area contributed by atoms with Crippen molar-refractivity contribution >= 4 is 17.8 Å². The lowest BCUT2D eigenvalue weighted by Crippen LogP contribution is -2.37. The second-order valence-corrected chi connectivity index (χ2v) is 4.94. The van der Waals surface area contributed by atoms with Gasteiger partial charge in [0, 0.05) is 26.7 Å². The second-order valence-electron chi connectivity index (χ2n) is 4.94. The topological polar surface area (TPSA) is 87.5 Å². The highest BCUT2D eigenvalue weighted by molar-refractivity contribution is 5.88. The predicted octanol–water partition coefficient (Wildman–Crippen LogP) is 1.56. The summed E-state index contributed by atoms with van der Waals surface area (Å²) < 4.78 is 1.61. The summed E-state index contributed by atoms with van der Waals surface area (Å²) in [5.74, 6) is -0.920. The molecule has 1 aromatic rings. The van der Waals surface area contributed by atoms with Crippen LogP contribution in [0.5, 0.6) is 0 Å². The van der Waals surface area contributed by atoms with Gasteiger partial charge in [-0.3, -0.25) is 14.8 Å². The monoisotopic (exact) mass is 282 g/mol. The van der Waals surface area contributed by atoms with Gasteiger partial charge in [-0.05, 0) is 6.42 Å². The number of carbonyl (C=O) groups excluding carboxylic acids is 1. The molecule has 0 radical (unpaired) electrons. The quantitative estimate of drug-likeness (QED) is 0.828. The van der Waals surface area contributed by atoms with Crippen molar-refractivity contribution < 1.29 is 14.7 Å². The molecular weight excluding hydrogens is 260 g/mol. The molecule has 0 saturated heterocycles. The molecule has 2 N–H and O–H groups in total. The Bertz CT molecular complexity index is 484. The summed E-state index contributed by atoms with van der Waals surface area (Å²) in [7, 11) is 3.33. The Morgan fingerprint density at radius 2 is 2.20 bits per heavy atom. The van der Waals surface area contributed by atoms with Crippen LogP contribution in [-0.2, 0) is 18.3 Å². The van der Waals surface area contributed by atoms with Crippen molar-refractivity contribution in [2.24, 2.45) is 13.0 Å². The fraction of sp³-hybridized carbons (Fsp3) is 0.615. The van der Waals surface area contributed by atoms with Gasteiger partial charge in [-0.1, -0.05) is 20.3 Å². The zero-order valence-electron chi connectivity index (χ0n) is 12.4. The van der Waals surface area contributed by atoms with E-state index in [1.165, 1.54) is 4.90 Å². The third kappa shape index (κ3) is 4.25. The molecule has 0 spiro atoms. The SMILES string of the molecule is CCCc1cc(NC(=O)N(C)CC(C)C(=O)O)n(C)n1. The summed E-state index contributed by atoms with van der Waals surface area (Å²) in [6.45, 7) is 3.78. The van der Waals surface area contributed by atoms with Gasteiger partial charge < -0.3 is 10.0 Å². The minimum atomic E-state index is -0.921. The Hall–Kier alpha value is -2.05. The fourth-order valence-corrected chi connectivity index (χ4v) is 1.80. The first-order chi connectivity index (χ1) is 9.35. The standard InChI is InChI=1S/C13H22N4O3/c1-5-6-10-7-11(17(4)15-10)14-13(20)16(3)8-9(2)12(18)19/h7,9H,5-6,8H2,1-4H3,(H,14,20)(H,18,19). The summed E-state index contributed by atoms with van der Waals surface area (Å²) in [5, 5.41) is 15.9. The first-order valence-electron chi connectivity index (χ1n) is 6.63. The minimum Gasteiger partial charge on any atom is -0.481 e. The largest absolute Gasteiger partial charge is 0.481 e. The summed E-state index contributed by atoms with van der Waals surface area (Å²) in [6, 6.07) is 1.49. The van der Waals surface area contributed by atoms with E-state index in [0.717, 1.165) is 18.5 Å². The molecule has 1 rings (SSSR count). The molecule has 0 aliphatic carbocycles. The van der Waals surface area contributed by atoms with Crippen LogP contribution in [0.4, 0.5) is 10.6 Å². The highest BCUT2D eigenvalue weighted by Crippen LogP contribution is 2.11. The number of hydrogen-bond donors (Lipinski definition) is 2. The van der Waals surface area contributed by atoms with Gasteiger partial charge in [0.1, 0.15) is 5.82 Å². The average molecular weight is 282 g/mol. The van der Waals surface area contributed by atoms with Crippen molar-refractivity contribution in [1.82, 2.24) is 14.7 Å². The Kier molecular flexibility index (Phi) is 5.54. The predicted molar refractivity (Wildman–Crippen MR) is 75.7 cm³/mol. The molecule has 0 aromatic carbocycles. The van der Waals surface area contributed by atoms with Crippen LogP contribution in [0.1, 0.15) is 26.0 Å². The minimum absolute atomic E-state index is 0.154. The Morgan fingerprint density at radius 1 is 1.55 bits per heavy atom. The summed E-state index contributed by atoms with van der Waals surface area (Å²) in [4.78, 5) is 24.1. The molecule has 7 nitrogen and oxygen atoms in total. The van der Waals surface area contributed by atoms with E-state index in [9.17, 15) is 9.59 Å². The first-order valence-corrected chi connectivity index (χ1v) is 6.63. The fourth-order valence-electron chi connectivity index (χ4n) is 1.80. The van der Waals surface area contributed by atoms with E-state index in [1.807, 2.05) is 6.07 Å². The normalized spacial score (nSPS) is 12.0. The van der Waals surface area contributed by atoms with E-state index in [2.05, 4.69) is 17.3 Å². The smallest absolute Gasteiger partial charge is 0.322 e. The molecule has 1 heterocycles. The zero-order valence-corrected chi connectivity index (χ0v) is 12.4. The molecule has 0 saturated carbocycles. The van der Waals surface area contributed by atoms with Crippen LogP contribution in [-0.4, -0.2) is 45.4 Å². The number of nitrogens with one attached hydrogen (secondary N) is 1. The van der Waals surface area contributed by atoms with Gasteiger partial charge in [-0.25, -0.2) is 4.79 Å². The lowest BCUT2D eigenvalue weighted by Gasteiger charge is -2.19. The molecule has 0 aliphatic rings. The van der Waals surface area contributed by atoms with Gasteiger partial charge in [-0.15, -0.1) is 0 Å². The van der Waals surface area contributed by atoms with Crippen LogP contribution in [0.25, 0.3) is 0 Å². The van der Waals surface area contributed by atoms with Gasteiger partial charge in [0.2, 0.25) is 0 Å². The summed E-state index contributed by atoms with van der Waals surface area (Å²) in [5.41, 5.74) is 0.923. The molecular formula is C13H22N4O3. The highest BCUT2D eigenvalue weighted by atomic mass is 16.4.